The van der Waals surface area contributed by atoms with Crippen LogP contribution in [0.25, 0.3) is 0 Å². The predicted octanol–water partition coefficient (Wildman–Crippen LogP) is 2.14. The van der Waals surface area contributed by atoms with Gasteiger partial charge in [-0.15, -0.1) is 0 Å². The molecule has 6 nitrogen and oxygen atoms in total. The minimum atomic E-state index is -0.625. The van der Waals surface area contributed by atoms with E-state index < -0.39 is 10.8 Å². The molecule has 1 amide bonds. The third-order valence-corrected chi connectivity index (χ3v) is 3.87. The van der Waals surface area contributed by atoms with Crippen molar-refractivity contribution >= 4 is 23.2 Å². The Labute approximate surface area is 120 Å². The van der Waals surface area contributed by atoms with Crippen LogP contribution < -0.4 is 5.32 Å². The number of aliphatic hydroxyl groups is 1. The Kier molecular flexibility index (Phi) is 4.57. The first-order chi connectivity index (χ1) is 9.49. The molecule has 0 aromatic heterocycles. The first kappa shape index (κ1) is 14.7. The Bertz CT molecular complexity index is 535. The number of rotatable bonds is 4. The van der Waals surface area contributed by atoms with Gasteiger partial charge in [0.1, 0.15) is 5.02 Å². The summed E-state index contributed by atoms with van der Waals surface area (Å²) in [5.41, 5.74) is -0.103. The van der Waals surface area contributed by atoms with Crippen molar-refractivity contribution in [2.75, 3.05) is 6.54 Å². The van der Waals surface area contributed by atoms with Gasteiger partial charge in [-0.3, -0.25) is 14.9 Å². The Hall–Kier alpha value is -1.66. The number of nitro benzene ring substituents is 1. The lowest BCUT2D eigenvalue weighted by Crippen LogP contribution is -2.32. The van der Waals surface area contributed by atoms with E-state index in [0.29, 0.717) is 6.54 Å². The van der Waals surface area contributed by atoms with E-state index in [1.165, 1.54) is 12.1 Å². The van der Waals surface area contributed by atoms with Crippen LogP contribution in [0.1, 0.15) is 29.6 Å². The zero-order valence-corrected chi connectivity index (χ0v) is 11.5. The number of carbonyl (C=O) groups excluding carboxylic acids is 1. The van der Waals surface area contributed by atoms with Gasteiger partial charge in [-0.25, -0.2) is 0 Å². The van der Waals surface area contributed by atoms with Crippen LogP contribution in [-0.4, -0.2) is 28.6 Å². The standard InChI is InChI=1S/C13H15ClN2O4/c14-10-5-4-8(6-11(10)16(19)20)13(18)15-7-9-2-1-3-12(9)17/h4-6,9,12,17H,1-3,7H2,(H,15,18). The Morgan fingerprint density at radius 2 is 2.25 bits per heavy atom. The predicted molar refractivity (Wildman–Crippen MR) is 73.8 cm³/mol. The Balaban J connectivity index is 2.02. The molecular weight excluding hydrogens is 284 g/mol. The van der Waals surface area contributed by atoms with Gasteiger partial charge in [-0.1, -0.05) is 18.0 Å². The molecule has 0 radical (unpaired) electrons. The van der Waals surface area contributed by atoms with E-state index in [4.69, 9.17) is 11.6 Å². The summed E-state index contributed by atoms with van der Waals surface area (Å²) in [7, 11) is 0. The maximum Gasteiger partial charge on any atom is 0.288 e. The first-order valence-electron chi connectivity index (χ1n) is 6.39. The Morgan fingerprint density at radius 1 is 1.50 bits per heavy atom. The van der Waals surface area contributed by atoms with E-state index in [0.717, 1.165) is 25.3 Å². The van der Waals surface area contributed by atoms with E-state index in [1.807, 2.05) is 0 Å². The van der Waals surface area contributed by atoms with Crippen LogP contribution in [0.2, 0.25) is 5.02 Å². The number of carbonyl (C=O) groups is 1. The molecule has 2 atom stereocenters. The molecule has 0 heterocycles. The number of hydrogen-bond donors (Lipinski definition) is 2. The van der Waals surface area contributed by atoms with E-state index in [2.05, 4.69) is 5.32 Å². The van der Waals surface area contributed by atoms with Crippen molar-refractivity contribution in [2.45, 2.75) is 25.4 Å². The maximum absolute atomic E-state index is 11.9. The number of nitrogens with one attached hydrogen (secondary N) is 1. The molecule has 0 bridgehead atoms. The van der Waals surface area contributed by atoms with Crippen molar-refractivity contribution in [1.29, 1.82) is 0 Å². The minimum absolute atomic E-state index is 0.00207. The summed E-state index contributed by atoms with van der Waals surface area (Å²) in [6.45, 7) is 0.371. The molecule has 2 rings (SSSR count). The highest BCUT2D eigenvalue weighted by molar-refractivity contribution is 6.32. The lowest BCUT2D eigenvalue weighted by molar-refractivity contribution is -0.384. The number of nitro groups is 1. The fraction of sp³-hybridized carbons (Fsp3) is 0.462. The number of benzene rings is 1. The molecule has 1 aromatic rings. The van der Waals surface area contributed by atoms with E-state index in [1.54, 1.807) is 0 Å². The number of amides is 1. The summed E-state index contributed by atoms with van der Waals surface area (Å²) in [5.74, 6) is -0.342. The molecule has 1 aromatic carbocycles. The molecule has 0 saturated heterocycles. The van der Waals surface area contributed by atoms with Gasteiger partial charge in [0.25, 0.3) is 11.6 Å². The van der Waals surface area contributed by atoms with Crippen molar-refractivity contribution < 1.29 is 14.8 Å². The van der Waals surface area contributed by atoms with Crippen LogP contribution in [-0.2, 0) is 0 Å². The smallest absolute Gasteiger partial charge is 0.288 e. The van der Waals surface area contributed by atoms with E-state index in [9.17, 15) is 20.0 Å². The molecule has 20 heavy (non-hydrogen) atoms. The molecule has 1 aliphatic rings. The summed E-state index contributed by atoms with van der Waals surface area (Å²) in [6.07, 6.45) is 2.21. The maximum atomic E-state index is 11.9. The molecule has 1 fully saturated rings. The highest BCUT2D eigenvalue weighted by atomic mass is 35.5. The van der Waals surface area contributed by atoms with E-state index >= 15 is 0 Å². The summed E-state index contributed by atoms with van der Waals surface area (Å²) in [6, 6.07) is 3.93. The third kappa shape index (κ3) is 3.26. The van der Waals surface area contributed by atoms with Crippen LogP contribution in [0.3, 0.4) is 0 Å². The largest absolute Gasteiger partial charge is 0.393 e. The second-order valence-electron chi connectivity index (χ2n) is 4.89. The van der Waals surface area contributed by atoms with Crippen molar-refractivity contribution in [3.05, 3.63) is 38.9 Å². The summed E-state index contributed by atoms with van der Waals surface area (Å²) < 4.78 is 0. The number of aliphatic hydroxyl groups excluding tert-OH is 1. The Morgan fingerprint density at radius 3 is 2.85 bits per heavy atom. The average molecular weight is 299 g/mol. The van der Waals surface area contributed by atoms with Crippen LogP contribution in [0, 0.1) is 16.0 Å². The van der Waals surface area contributed by atoms with Gasteiger partial charge in [-0.2, -0.15) is 0 Å². The van der Waals surface area contributed by atoms with Gasteiger partial charge < -0.3 is 10.4 Å². The number of halogens is 1. The second kappa shape index (κ2) is 6.19. The monoisotopic (exact) mass is 298 g/mol. The summed E-state index contributed by atoms with van der Waals surface area (Å²) in [4.78, 5) is 22.1. The fourth-order valence-corrected chi connectivity index (χ4v) is 2.56. The molecule has 1 saturated carbocycles. The molecule has 108 valence electrons. The minimum Gasteiger partial charge on any atom is -0.393 e. The van der Waals surface area contributed by atoms with Crippen molar-refractivity contribution in [3.8, 4) is 0 Å². The molecule has 7 heteroatoms. The molecule has 0 aliphatic heterocycles. The van der Waals surface area contributed by atoms with Crippen molar-refractivity contribution in [3.63, 3.8) is 0 Å². The number of hydrogen-bond acceptors (Lipinski definition) is 4. The summed E-state index contributed by atoms with van der Waals surface area (Å²) in [5, 5.41) is 23.1. The average Bonchev–Trinajstić information content (AvgIpc) is 2.81. The molecule has 1 aliphatic carbocycles. The first-order valence-corrected chi connectivity index (χ1v) is 6.77. The SMILES string of the molecule is O=C(NCC1CCCC1O)c1ccc(Cl)c([N+](=O)[O-])c1. The van der Waals surface area contributed by atoms with Gasteiger partial charge in [0.2, 0.25) is 0 Å². The van der Waals surface area contributed by atoms with Crippen molar-refractivity contribution in [2.24, 2.45) is 5.92 Å². The molecule has 2 unspecified atom stereocenters. The van der Waals surface area contributed by atoms with Gasteiger partial charge in [0.05, 0.1) is 11.0 Å². The number of nitrogens with zero attached hydrogens (tertiary/aromatic N) is 1. The quantitative estimate of drug-likeness (QED) is 0.658. The van der Waals surface area contributed by atoms with Gasteiger partial charge in [-0.05, 0) is 25.0 Å². The zero-order valence-electron chi connectivity index (χ0n) is 10.7. The van der Waals surface area contributed by atoms with Gasteiger partial charge in [0, 0.05) is 24.1 Å². The van der Waals surface area contributed by atoms with E-state index in [-0.39, 0.29) is 28.3 Å². The van der Waals surface area contributed by atoms with Crippen LogP contribution in [0.4, 0.5) is 5.69 Å². The molecule has 0 spiro atoms. The lowest BCUT2D eigenvalue weighted by atomic mass is 10.1. The van der Waals surface area contributed by atoms with Gasteiger partial charge >= 0.3 is 0 Å². The van der Waals surface area contributed by atoms with Gasteiger partial charge in [0.15, 0.2) is 0 Å². The van der Waals surface area contributed by atoms with Crippen molar-refractivity contribution in [1.82, 2.24) is 5.32 Å². The molecular formula is C13H15ClN2O4. The van der Waals surface area contributed by atoms with Crippen LogP contribution in [0.5, 0.6) is 0 Å². The van der Waals surface area contributed by atoms with Crippen LogP contribution in [0.15, 0.2) is 18.2 Å². The zero-order chi connectivity index (χ0) is 14.7. The topological polar surface area (TPSA) is 92.5 Å². The highest BCUT2D eigenvalue weighted by Crippen LogP contribution is 2.26. The van der Waals surface area contributed by atoms with Crippen LogP contribution >= 0.6 is 11.6 Å². The highest BCUT2D eigenvalue weighted by Gasteiger charge is 2.25. The fourth-order valence-electron chi connectivity index (χ4n) is 2.38. The lowest BCUT2D eigenvalue weighted by Gasteiger charge is -2.15. The molecule has 2 N–H and O–H groups in total. The normalized spacial score (nSPS) is 21.7. The second-order valence-corrected chi connectivity index (χ2v) is 5.30. The third-order valence-electron chi connectivity index (χ3n) is 3.55. The summed E-state index contributed by atoms with van der Waals surface area (Å²) >= 11 is 5.69.